The van der Waals surface area contributed by atoms with E-state index in [0.29, 0.717) is 12.8 Å². The lowest BCUT2D eigenvalue weighted by Gasteiger charge is -2.24. The molecule has 1 aliphatic carbocycles. The smallest absolute Gasteiger partial charge is 0.407 e. The minimum absolute atomic E-state index is 0.00532. The molecule has 0 fully saturated rings. The third-order valence-electron chi connectivity index (χ3n) is 10.6. The number of carbonyl (C=O) groups excluding carboxylic acids is 8. The summed E-state index contributed by atoms with van der Waals surface area (Å²) in [5.41, 5.74) is 4.21. The number of hydrogen-bond donors (Lipinski definition) is 5. The SMILES string of the molecule is CC(=O)CNC(=O)C(CC(C)C)NC(=O)C(Cc1ccccc1)NC(=O)CNC(=O)COCCOCCCC(=O)CCC(NC(=O)OCC1c2ccccc2-c2ccccc21)C(=O)OC(C)(C)C. The Morgan fingerprint density at radius 2 is 1.28 bits per heavy atom. The Bertz CT molecular complexity index is 2150. The van der Waals surface area contributed by atoms with Gasteiger partial charge < -0.3 is 45.5 Å². The van der Waals surface area contributed by atoms with Gasteiger partial charge in [0.2, 0.25) is 23.6 Å². The summed E-state index contributed by atoms with van der Waals surface area (Å²) in [7, 11) is 0. The van der Waals surface area contributed by atoms with E-state index in [2.05, 4.69) is 26.6 Å². The van der Waals surface area contributed by atoms with Crippen LogP contribution in [-0.2, 0) is 58.9 Å². The number of rotatable bonds is 28. The monoisotopic (exact) mass is 941 g/mol. The molecule has 0 saturated heterocycles. The summed E-state index contributed by atoms with van der Waals surface area (Å²) >= 11 is 0. The second kappa shape index (κ2) is 27.4. The van der Waals surface area contributed by atoms with Gasteiger partial charge in [0.1, 0.15) is 48.5 Å². The first-order valence-electron chi connectivity index (χ1n) is 23.1. The van der Waals surface area contributed by atoms with Gasteiger partial charge in [-0.1, -0.05) is 92.7 Å². The van der Waals surface area contributed by atoms with Crippen LogP contribution in [0.4, 0.5) is 4.79 Å². The van der Waals surface area contributed by atoms with E-state index in [1.54, 1.807) is 45.0 Å². The highest BCUT2D eigenvalue weighted by molar-refractivity contribution is 5.94. The second-order valence-corrected chi connectivity index (χ2v) is 18.1. The molecule has 0 radical (unpaired) electrons. The number of hydrogen-bond acceptors (Lipinski definition) is 12. The summed E-state index contributed by atoms with van der Waals surface area (Å²) in [5.74, 6) is -3.50. The molecular formula is C51H67N5O12. The van der Waals surface area contributed by atoms with E-state index in [1.807, 2.05) is 68.4 Å². The fourth-order valence-electron chi connectivity index (χ4n) is 7.44. The minimum Gasteiger partial charge on any atom is -0.458 e. The number of ether oxygens (including phenoxy) is 4. The van der Waals surface area contributed by atoms with Gasteiger partial charge in [0, 0.05) is 31.8 Å². The summed E-state index contributed by atoms with van der Waals surface area (Å²) in [5, 5.41) is 13.0. The summed E-state index contributed by atoms with van der Waals surface area (Å²) in [6.07, 6.45) is 0.206. The first-order chi connectivity index (χ1) is 32.4. The molecule has 0 bridgehead atoms. The van der Waals surface area contributed by atoms with Gasteiger partial charge in [0.25, 0.3) is 0 Å². The van der Waals surface area contributed by atoms with Crippen LogP contribution in [-0.4, -0.2) is 117 Å². The number of benzene rings is 3. The van der Waals surface area contributed by atoms with Crippen LogP contribution in [0.2, 0.25) is 0 Å². The maximum absolute atomic E-state index is 13.5. The van der Waals surface area contributed by atoms with Crippen molar-refractivity contribution >= 4 is 47.3 Å². The van der Waals surface area contributed by atoms with Gasteiger partial charge >= 0.3 is 12.1 Å². The van der Waals surface area contributed by atoms with Crippen LogP contribution in [0.15, 0.2) is 78.9 Å². The van der Waals surface area contributed by atoms with Crippen LogP contribution in [0.3, 0.4) is 0 Å². The molecule has 3 aromatic rings. The van der Waals surface area contributed by atoms with Crippen molar-refractivity contribution < 1.29 is 57.3 Å². The summed E-state index contributed by atoms with van der Waals surface area (Å²) in [6, 6.07) is 21.8. The Balaban J connectivity index is 1.13. The molecule has 0 heterocycles. The predicted octanol–water partition coefficient (Wildman–Crippen LogP) is 4.48. The van der Waals surface area contributed by atoms with Crippen LogP contribution in [0.1, 0.15) is 96.3 Å². The summed E-state index contributed by atoms with van der Waals surface area (Å²) < 4.78 is 22.1. The highest BCUT2D eigenvalue weighted by Gasteiger charge is 2.32. The van der Waals surface area contributed by atoms with Crippen molar-refractivity contribution in [3.63, 3.8) is 0 Å². The molecule has 68 heavy (non-hydrogen) atoms. The molecule has 0 saturated carbocycles. The van der Waals surface area contributed by atoms with Gasteiger partial charge in [-0.15, -0.1) is 0 Å². The molecule has 5 amide bonds. The number of esters is 1. The lowest BCUT2D eigenvalue weighted by Crippen LogP contribution is -2.56. The van der Waals surface area contributed by atoms with Crippen LogP contribution >= 0.6 is 0 Å². The molecule has 3 unspecified atom stereocenters. The van der Waals surface area contributed by atoms with Gasteiger partial charge in [-0.3, -0.25) is 28.8 Å². The Morgan fingerprint density at radius 3 is 1.91 bits per heavy atom. The number of ketones is 2. The van der Waals surface area contributed by atoms with Gasteiger partial charge in [0.05, 0.1) is 26.3 Å². The van der Waals surface area contributed by atoms with E-state index in [-0.39, 0.29) is 88.7 Å². The Kier molecular flexibility index (Phi) is 21.8. The Labute approximate surface area is 398 Å². The van der Waals surface area contributed by atoms with Crippen molar-refractivity contribution in [2.75, 3.05) is 46.1 Å². The van der Waals surface area contributed by atoms with E-state index in [4.69, 9.17) is 18.9 Å². The van der Waals surface area contributed by atoms with Crippen molar-refractivity contribution in [1.29, 1.82) is 0 Å². The molecule has 5 N–H and O–H groups in total. The van der Waals surface area contributed by atoms with Crippen LogP contribution < -0.4 is 26.6 Å². The second-order valence-electron chi connectivity index (χ2n) is 18.1. The number of amides is 5. The van der Waals surface area contributed by atoms with Crippen LogP contribution in [0, 0.1) is 5.92 Å². The Hall–Kier alpha value is -6.46. The molecule has 17 heteroatoms. The van der Waals surface area contributed by atoms with E-state index in [9.17, 15) is 38.4 Å². The van der Waals surface area contributed by atoms with Gasteiger partial charge in [-0.25, -0.2) is 9.59 Å². The van der Waals surface area contributed by atoms with Gasteiger partial charge in [0.15, 0.2) is 0 Å². The van der Waals surface area contributed by atoms with Crippen molar-refractivity contribution in [1.82, 2.24) is 26.6 Å². The minimum atomic E-state index is -1.11. The maximum atomic E-state index is 13.5. The van der Waals surface area contributed by atoms with E-state index < -0.39 is 66.0 Å². The number of carbonyl (C=O) groups is 8. The third-order valence-corrected chi connectivity index (χ3v) is 10.6. The molecule has 17 nitrogen and oxygen atoms in total. The van der Waals surface area contributed by atoms with E-state index in [1.165, 1.54) is 6.92 Å². The lowest BCUT2D eigenvalue weighted by atomic mass is 9.98. The van der Waals surface area contributed by atoms with Crippen molar-refractivity contribution in [2.24, 2.45) is 5.92 Å². The molecular weight excluding hydrogens is 875 g/mol. The quantitative estimate of drug-likeness (QED) is 0.0501. The fraction of sp³-hybridized carbons (Fsp3) is 0.490. The first-order valence-corrected chi connectivity index (χ1v) is 23.1. The number of alkyl carbamates (subject to hydrolysis) is 1. The van der Waals surface area contributed by atoms with Crippen molar-refractivity contribution in [3.05, 3.63) is 95.6 Å². The fourth-order valence-corrected chi connectivity index (χ4v) is 7.44. The zero-order chi connectivity index (χ0) is 49.6. The Morgan fingerprint density at radius 1 is 0.647 bits per heavy atom. The molecule has 3 atom stereocenters. The summed E-state index contributed by atoms with van der Waals surface area (Å²) in [6.45, 7) is 9.76. The summed E-state index contributed by atoms with van der Waals surface area (Å²) in [4.78, 5) is 102. The normalized spacial score (nSPS) is 13.2. The topological polar surface area (TPSA) is 234 Å². The number of fused-ring (bicyclic) bond motifs is 3. The van der Waals surface area contributed by atoms with Gasteiger partial charge in [-0.2, -0.15) is 0 Å². The number of nitrogens with one attached hydrogen (secondary N) is 5. The lowest BCUT2D eigenvalue weighted by molar-refractivity contribution is -0.157. The zero-order valence-electron chi connectivity index (χ0n) is 40.0. The predicted molar refractivity (Wildman–Crippen MR) is 253 cm³/mol. The number of Topliss-reactive ketones (excluding diaryl/α,β-unsaturated/α-hetero) is 2. The van der Waals surface area contributed by atoms with Crippen LogP contribution in [0.5, 0.6) is 0 Å². The molecule has 3 aromatic carbocycles. The standard InChI is InChI=1S/C51H67N5O12/c1-33(2)27-43(47(61)53-29-34(3)57)55-48(62)44(28-35-15-8-7-9-16-35)54-45(59)30-52-46(60)32-66-26-25-65-24-14-17-36(58)22-23-42(49(63)68-51(4,5)6)56-50(64)67-31-41-39-20-12-10-18-37(39)38-19-11-13-21-40(38)41/h7-13,15-16,18-21,33,41-44H,14,17,22-32H2,1-6H3,(H,52,60)(H,53,61)(H,54,59)(H,55,62)(H,56,64). The molecule has 0 aromatic heterocycles. The van der Waals surface area contributed by atoms with Crippen LogP contribution in [0.25, 0.3) is 11.1 Å². The third kappa shape index (κ3) is 19.0. The van der Waals surface area contributed by atoms with Crippen molar-refractivity contribution in [3.8, 4) is 11.1 Å². The maximum Gasteiger partial charge on any atom is 0.407 e. The first kappa shape index (κ1) is 54.1. The van der Waals surface area contributed by atoms with Gasteiger partial charge in [-0.05, 0) is 80.7 Å². The average molecular weight is 942 g/mol. The molecule has 0 spiro atoms. The van der Waals surface area contributed by atoms with Crippen molar-refractivity contribution in [2.45, 2.75) is 110 Å². The molecule has 4 rings (SSSR count). The highest BCUT2D eigenvalue weighted by atomic mass is 16.6. The highest BCUT2D eigenvalue weighted by Crippen LogP contribution is 2.44. The molecule has 368 valence electrons. The van der Waals surface area contributed by atoms with E-state index in [0.717, 1.165) is 27.8 Å². The zero-order valence-corrected chi connectivity index (χ0v) is 40.0. The molecule has 0 aliphatic heterocycles. The average Bonchev–Trinajstić information content (AvgIpc) is 3.61. The largest absolute Gasteiger partial charge is 0.458 e. The molecule has 1 aliphatic rings. The van der Waals surface area contributed by atoms with E-state index >= 15 is 0 Å².